The van der Waals surface area contributed by atoms with Crippen LogP contribution in [0.1, 0.15) is 25.0 Å². The van der Waals surface area contributed by atoms with E-state index in [2.05, 4.69) is 14.6 Å². The first kappa shape index (κ1) is 17.3. The fourth-order valence-corrected chi connectivity index (χ4v) is 2.10. The van der Waals surface area contributed by atoms with Crippen molar-refractivity contribution < 1.29 is 9.18 Å². The summed E-state index contributed by atoms with van der Waals surface area (Å²) in [5.41, 5.74) is 2.71. The molecule has 1 amide bonds. The van der Waals surface area contributed by atoms with Gasteiger partial charge < -0.3 is 5.32 Å². The fourth-order valence-electron chi connectivity index (χ4n) is 1.74. The molecule has 0 aromatic heterocycles. The number of carbonyl (C=O) groups is 1. The molecule has 0 aliphatic rings. The molecule has 21 heavy (non-hydrogen) atoms. The summed E-state index contributed by atoms with van der Waals surface area (Å²) in [6.45, 7) is 5.99. The van der Waals surface area contributed by atoms with Crippen molar-refractivity contribution in [1.29, 1.82) is 0 Å². The van der Waals surface area contributed by atoms with Gasteiger partial charge in [-0.3, -0.25) is 4.79 Å². The highest BCUT2D eigenvalue weighted by atomic mass is 31.0. The lowest BCUT2D eigenvalue weighted by Crippen LogP contribution is -2.17. The molecule has 0 radical (unpaired) electrons. The van der Waals surface area contributed by atoms with Crippen LogP contribution in [0.25, 0.3) is 0 Å². The van der Waals surface area contributed by atoms with Gasteiger partial charge in [-0.25, -0.2) is 4.39 Å². The molecule has 1 atom stereocenters. The van der Waals surface area contributed by atoms with Gasteiger partial charge in [0.2, 0.25) is 5.91 Å². The zero-order chi connectivity index (χ0) is 15.8. The quantitative estimate of drug-likeness (QED) is 0.858. The van der Waals surface area contributed by atoms with Gasteiger partial charge in [0.15, 0.2) is 0 Å². The van der Waals surface area contributed by atoms with E-state index in [1.165, 1.54) is 12.1 Å². The Labute approximate surface area is 128 Å². The fraction of sp³-hybridized carbons (Fsp3) is 0.235. The van der Waals surface area contributed by atoms with E-state index in [4.69, 9.17) is 0 Å². The molecule has 0 aliphatic heterocycles. The molecule has 0 bridgehead atoms. The minimum atomic E-state index is -0.298. The molecular formula is C17H21FNOP. The summed E-state index contributed by atoms with van der Waals surface area (Å²) < 4.78 is 13.0. The van der Waals surface area contributed by atoms with E-state index in [-0.39, 0.29) is 18.1 Å². The van der Waals surface area contributed by atoms with Crippen LogP contribution in [0.15, 0.2) is 42.5 Å². The number of benzene rings is 2. The van der Waals surface area contributed by atoms with Crippen LogP contribution in [0.5, 0.6) is 0 Å². The molecule has 2 rings (SSSR count). The van der Waals surface area contributed by atoms with Crippen LogP contribution < -0.4 is 10.6 Å². The van der Waals surface area contributed by atoms with E-state index >= 15 is 0 Å². The van der Waals surface area contributed by atoms with Crippen molar-refractivity contribution in [3.63, 3.8) is 0 Å². The second-order valence-electron chi connectivity index (χ2n) is 4.43. The molecule has 0 heterocycles. The van der Waals surface area contributed by atoms with Gasteiger partial charge in [-0.1, -0.05) is 37.6 Å². The van der Waals surface area contributed by atoms with E-state index in [1.54, 1.807) is 6.07 Å². The van der Waals surface area contributed by atoms with Crippen LogP contribution >= 0.6 is 9.24 Å². The Morgan fingerprint density at radius 2 is 1.76 bits per heavy atom. The smallest absolute Gasteiger partial charge is 0.228 e. The zero-order valence-electron chi connectivity index (χ0n) is 12.6. The van der Waals surface area contributed by atoms with Crippen molar-refractivity contribution in [2.45, 2.75) is 27.2 Å². The number of hydrogen-bond acceptors (Lipinski definition) is 1. The first-order chi connectivity index (χ1) is 10.0. The number of carbonyl (C=O) groups excluding carboxylic acids is 1. The maximum Gasteiger partial charge on any atom is 0.228 e. The molecule has 2 aromatic rings. The van der Waals surface area contributed by atoms with Gasteiger partial charge in [0, 0.05) is 5.69 Å². The third kappa shape index (κ3) is 5.65. The lowest BCUT2D eigenvalue weighted by atomic mass is 10.1. The minimum Gasteiger partial charge on any atom is -0.326 e. The van der Waals surface area contributed by atoms with Crippen LogP contribution in [0.2, 0.25) is 0 Å². The second-order valence-corrected chi connectivity index (χ2v) is 5.06. The van der Waals surface area contributed by atoms with Crippen molar-refractivity contribution >= 4 is 26.1 Å². The average Bonchev–Trinajstić information content (AvgIpc) is 2.47. The highest BCUT2D eigenvalue weighted by Gasteiger charge is 2.07. The maximum atomic E-state index is 13.0. The highest BCUT2D eigenvalue weighted by molar-refractivity contribution is 7.27. The van der Waals surface area contributed by atoms with Gasteiger partial charge in [0.1, 0.15) is 5.82 Å². The lowest BCUT2D eigenvalue weighted by Gasteiger charge is -2.07. The van der Waals surface area contributed by atoms with Gasteiger partial charge in [-0.05, 0) is 42.1 Å². The minimum absolute atomic E-state index is 0.112. The van der Waals surface area contributed by atoms with Gasteiger partial charge in [0.25, 0.3) is 0 Å². The Hall–Kier alpha value is -1.73. The van der Waals surface area contributed by atoms with E-state index < -0.39 is 0 Å². The molecule has 0 saturated heterocycles. The molecule has 0 saturated carbocycles. The third-order valence-electron chi connectivity index (χ3n) is 2.79. The Bertz CT molecular complexity index is 596. The van der Waals surface area contributed by atoms with E-state index in [0.29, 0.717) is 5.30 Å². The number of aryl methyl sites for hydroxylation is 1. The highest BCUT2D eigenvalue weighted by Crippen LogP contribution is 2.10. The van der Waals surface area contributed by atoms with Crippen molar-refractivity contribution in [3.05, 3.63) is 59.4 Å². The normalized spacial score (nSPS) is 9.57. The standard InChI is InChI=1S/C15H15FNOP.C2H6/c1-10-2-6-13(7-3-10)17-15(18)8-11-4-5-12(16)9-14(11)19;1-2/h2-7,9H,8,19H2,1H3,(H,17,18);1-2H3. The topological polar surface area (TPSA) is 29.1 Å². The largest absolute Gasteiger partial charge is 0.326 e. The van der Waals surface area contributed by atoms with Gasteiger partial charge >= 0.3 is 0 Å². The summed E-state index contributed by atoms with van der Waals surface area (Å²) in [5.74, 6) is -0.410. The third-order valence-corrected chi connectivity index (χ3v) is 3.33. The Morgan fingerprint density at radius 1 is 1.14 bits per heavy atom. The number of hydrogen-bond donors (Lipinski definition) is 1. The molecule has 0 aliphatic carbocycles. The van der Waals surface area contributed by atoms with E-state index in [9.17, 15) is 9.18 Å². The monoisotopic (exact) mass is 305 g/mol. The molecule has 2 aromatic carbocycles. The Balaban J connectivity index is 0.00000106. The summed E-state index contributed by atoms with van der Waals surface area (Å²) in [7, 11) is 2.45. The molecule has 1 unspecified atom stereocenters. The number of amides is 1. The van der Waals surface area contributed by atoms with E-state index in [0.717, 1.165) is 16.8 Å². The predicted molar refractivity (Wildman–Crippen MR) is 90.6 cm³/mol. The SMILES string of the molecule is CC.Cc1ccc(NC(=O)Cc2ccc(F)cc2P)cc1. The average molecular weight is 305 g/mol. The summed E-state index contributed by atoms with van der Waals surface area (Å²) in [5, 5.41) is 3.52. The van der Waals surface area contributed by atoms with Gasteiger partial charge in [-0.2, -0.15) is 0 Å². The maximum absolute atomic E-state index is 13.0. The molecule has 4 heteroatoms. The first-order valence-electron chi connectivity index (χ1n) is 6.95. The van der Waals surface area contributed by atoms with Gasteiger partial charge in [0.05, 0.1) is 6.42 Å². The number of halogens is 1. The number of anilines is 1. The second kappa shape index (κ2) is 8.53. The lowest BCUT2D eigenvalue weighted by molar-refractivity contribution is -0.115. The van der Waals surface area contributed by atoms with Crippen LogP contribution in [0.3, 0.4) is 0 Å². The molecule has 112 valence electrons. The van der Waals surface area contributed by atoms with Crippen LogP contribution in [-0.4, -0.2) is 5.91 Å². The Morgan fingerprint density at radius 3 is 2.33 bits per heavy atom. The summed E-state index contributed by atoms with van der Waals surface area (Å²) >= 11 is 0. The predicted octanol–water partition coefficient (Wildman–Crippen LogP) is 3.84. The molecule has 2 nitrogen and oxygen atoms in total. The molecule has 1 N–H and O–H groups in total. The van der Waals surface area contributed by atoms with Crippen LogP contribution in [-0.2, 0) is 11.2 Å². The van der Waals surface area contributed by atoms with Crippen LogP contribution in [0.4, 0.5) is 10.1 Å². The summed E-state index contributed by atoms with van der Waals surface area (Å²) in [6.07, 6.45) is 0.229. The Kier molecular flexibility index (Phi) is 7.04. The van der Waals surface area contributed by atoms with E-state index in [1.807, 2.05) is 45.0 Å². The van der Waals surface area contributed by atoms with Crippen molar-refractivity contribution in [3.8, 4) is 0 Å². The molecule has 0 spiro atoms. The van der Waals surface area contributed by atoms with Crippen molar-refractivity contribution in [2.24, 2.45) is 0 Å². The van der Waals surface area contributed by atoms with Crippen molar-refractivity contribution in [2.75, 3.05) is 5.32 Å². The first-order valence-corrected chi connectivity index (χ1v) is 7.53. The van der Waals surface area contributed by atoms with Crippen LogP contribution in [0, 0.1) is 12.7 Å². The summed E-state index contributed by atoms with van der Waals surface area (Å²) in [6, 6.07) is 12.0. The summed E-state index contributed by atoms with van der Waals surface area (Å²) in [4.78, 5) is 11.9. The number of rotatable bonds is 3. The van der Waals surface area contributed by atoms with Gasteiger partial charge in [-0.15, -0.1) is 9.24 Å². The van der Waals surface area contributed by atoms with Crippen molar-refractivity contribution in [1.82, 2.24) is 0 Å². The zero-order valence-corrected chi connectivity index (χ0v) is 13.8. The molecule has 0 fully saturated rings. The molecular weight excluding hydrogens is 284 g/mol. The number of nitrogens with one attached hydrogen (secondary N) is 1.